The number of aryl methyl sites for hydroxylation is 1. The van der Waals surface area contributed by atoms with E-state index in [1.165, 1.54) is 0 Å². The number of nitrogen functional groups attached to an aromatic ring is 1. The topological polar surface area (TPSA) is 65.2 Å². The highest BCUT2D eigenvalue weighted by Crippen LogP contribution is 2.15. The number of hydrogen-bond acceptors (Lipinski definition) is 4. The molecule has 0 aliphatic carbocycles. The zero-order chi connectivity index (χ0) is 9.26. The second-order valence-electron chi connectivity index (χ2n) is 2.81. The molecule has 2 rings (SSSR count). The van der Waals surface area contributed by atoms with Crippen molar-refractivity contribution < 1.29 is 8.83 Å². The lowest BCUT2D eigenvalue weighted by molar-refractivity contribution is 0.514. The fourth-order valence-electron chi connectivity index (χ4n) is 1.19. The lowest BCUT2D eigenvalue weighted by Crippen LogP contribution is -1.89. The molecule has 2 aromatic heterocycles. The average molecular weight is 178 g/mol. The van der Waals surface area contributed by atoms with Gasteiger partial charge in [-0.2, -0.15) is 4.98 Å². The number of oxazole rings is 1. The molecule has 0 fully saturated rings. The van der Waals surface area contributed by atoms with Crippen molar-refractivity contribution in [3.63, 3.8) is 0 Å². The third-order valence-electron chi connectivity index (χ3n) is 1.83. The predicted molar refractivity (Wildman–Crippen MR) is 47.2 cm³/mol. The van der Waals surface area contributed by atoms with E-state index in [2.05, 4.69) is 4.98 Å². The molecule has 0 bridgehead atoms. The summed E-state index contributed by atoms with van der Waals surface area (Å²) in [6.07, 6.45) is 2.26. The van der Waals surface area contributed by atoms with Crippen molar-refractivity contribution in [1.82, 2.24) is 4.98 Å². The van der Waals surface area contributed by atoms with E-state index in [1.54, 1.807) is 6.26 Å². The molecule has 0 amide bonds. The normalized spacial score (nSPS) is 10.5. The first kappa shape index (κ1) is 7.91. The zero-order valence-corrected chi connectivity index (χ0v) is 7.28. The van der Waals surface area contributed by atoms with Crippen molar-refractivity contribution in [1.29, 1.82) is 0 Å². The molecule has 2 N–H and O–H groups in total. The second kappa shape index (κ2) is 2.97. The minimum Gasteiger partial charge on any atom is -0.469 e. The van der Waals surface area contributed by atoms with Gasteiger partial charge in [0.1, 0.15) is 11.5 Å². The van der Waals surface area contributed by atoms with Gasteiger partial charge in [0, 0.05) is 0 Å². The molecule has 0 spiro atoms. The first-order valence-electron chi connectivity index (χ1n) is 4.00. The number of furan rings is 1. The van der Waals surface area contributed by atoms with Gasteiger partial charge < -0.3 is 14.6 Å². The van der Waals surface area contributed by atoms with Gasteiger partial charge in [-0.1, -0.05) is 0 Å². The molecule has 0 unspecified atom stereocenters. The maximum absolute atomic E-state index is 5.40. The Morgan fingerprint density at radius 1 is 1.54 bits per heavy atom. The summed E-state index contributed by atoms with van der Waals surface area (Å²) in [5, 5.41) is 0. The summed E-state index contributed by atoms with van der Waals surface area (Å²) in [6.45, 7) is 1.83. The smallest absolute Gasteiger partial charge is 0.292 e. The molecular formula is C9H10N2O2. The Bertz CT molecular complexity index is 390. The largest absolute Gasteiger partial charge is 0.469 e. The summed E-state index contributed by atoms with van der Waals surface area (Å²) in [5.41, 5.74) is 6.23. The van der Waals surface area contributed by atoms with Crippen LogP contribution >= 0.6 is 0 Å². The molecule has 2 aromatic rings. The molecule has 13 heavy (non-hydrogen) atoms. The molecule has 0 aliphatic heterocycles. The highest BCUT2D eigenvalue weighted by molar-refractivity contribution is 5.22. The number of nitrogens with zero attached hydrogens (tertiary/aromatic N) is 1. The van der Waals surface area contributed by atoms with Crippen LogP contribution < -0.4 is 5.73 Å². The SMILES string of the molecule is Cc1oc(N)nc1Cc1ccco1. The molecule has 0 aliphatic rings. The molecule has 0 atom stereocenters. The van der Waals surface area contributed by atoms with E-state index in [-0.39, 0.29) is 6.01 Å². The van der Waals surface area contributed by atoms with Gasteiger partial charge in [0.2, 0.25) is 0 Å². The molecule has 2 heterocycles. The van der Waals surface area contributed by atoms with E-state index in [0.29, 0.717) is 6.42 Å². The Morgan fingerprint density at radius 3 is 2.92 bits per heavy atom. The summed E-state index contributed by atoms with van der Waals surface area (Å²) >= 11 is 0. The van der Waals surface area contributed by atoms with Gasteiger partial charge in [-0.15, -0.1) is 0 Å². The van der Waals surface area contributed by atoms with E-state index in [1.807, 2.05) is 19.1 Å². The van der Waals surface area contributed by atoms with Crippen molar-refractivity contribution in [2.45, 2.75) is 13.3 Å². The lowest BCUT2D eigenvalue weighted by atomic mass is 10.2. The van der Waals surface area contributed by atoms with Crippen molar-refractivity contribution in [2.24, 2.45) is 0 Å². The van der Waals surface area contributed by atoms with E-state index in [9.17, 15) is 0 Å². The zero-order valence-electron chi connectivity index (χ0n) is 7.28. The Morgan fingerprint density at radius 2 is 2.38 bits per heavy atom. The molecule has 68 valence electrons. The monoisotopic (exact) mass is 178 g/mol. The molecule has 0 radical (unpaired) electrons. The van der Waals surface area contributed by atoms with Crippen molar-refractivity contribution in [3.8, 4) is 0 Å². The Balaban J connectivity index is 2.23. The minimum absolute atomic E-state index is 0.207. The third-order valence-corrected chi connectivity index (χ3v) is 1.83. The van der Waals surface area contributed by atoms with Crippen molar-refractivity contribution in [2.75, 3.05) is 5.73 Å². The summed E-state index contributed by atoms with van der Waals surface area (Å²) in [4.78, 5) is 4.04. The number of hydrogen-bond donors (Lipinski definition) is 1. The quantitative estimate of drug-likeness (QED) is 0.760. The van der Waals surface area contributed by atoms with Crippen LogP contribution in [0.1, 0.15) is 17.2 Å². The molecule has 0 saturated heterocycles. The Labute approximate surface area is 75.4 Å². The second-order valence-corrected chi connectivity index (χ2v) is 2.81. The summed E-state index contributed by atoms with van der Waals surface area (Å²) in [5.74, 6) is 1.60. The van der Waals surface area contributed by atoms with Crippen LogP contribution in [0.25, 0.3) is 0 Å². The number of anilines is 1. The van der Waals surface area contributed by atoms with Crippen LogP contribution in [0, 0.1) is 6.92 Å². The average Bonchev–Trinajstić information content (AvgIpc) is 2.63. The standard InChI is InChI=1S/C9H10N2O2/c1-6-8(11-9(10)13-6)5-7-3-2-4-12-7/h2-4H,5H2,1H3,(H2,10,11). The number of rotatable bonds is 2. The van der Waals surface area contributed by atoms with Gasteiger partial charge in [0.25, 0.3) is 6.01 Å². The van der Waals surface area contributed by atoms with Gasteiger partial charge in [0.05, 0.1) is 18.4 Å². The molecule has 0 saturated carbocycles. The maximum Gasteiger partial charge on any atom is 0.292 e. The molecular weight excluding hydrogens is 168 g/mol. The first-order valence-corrected chi connectivity index (χ1v) is 4.00. The van der Waals surface area contributed by atoms with E-state index in [4.69, 9.17) is 14.6 Å². The van der Waals surface area contributed by atoms with E-state index >= 15 is 0 Å². The van der Waals surface area contributed by atoms with E-state index < -0.39 is 0 Å². The lowest BCUT2D eigenvalue weighted by Gasteiger charge is -1.91. The highest BCUT2D eigenvalue weighted by Gasteiger charge is 2.08. The summed E-state index contributed by atoms with van der Waals surface area (Å²) in [6, 6.07) is 3.94. The van der Waals surface area contributed by atoms with E-state index in [0.717, 1.165) is 17.2 Å². The maximum atomic E-state index is 5.40. The summed E-state index contributed by atoms with van der Waals surface area (Å²) < 4.78 is 10.3. The van der Waals surface area contributed by atoms with Gasteiger partial charge in [-0.3, -0.25) is 0 Å². The van der Waals surface area contributed by atoms with Crippen LogP contribution in [0.2, 0.25) is 0 Å². The molecule has 0 aromatic carbocycles. The predicted octanol–water partition coefficient (Wildman–Crippen LogP) is 1.75. The van der Waals surface area contributed by atoms with Crippen molar-refractivity contribution in [3.05, 3.63) is 35.6 Å². The van der Waals surface area contributed by atoms with Crippen LogP contribution in [0.3, 0.4) is 0 Å². The molecule has 4 nitrogen and oxygen atoms in total. The fraction of sp³-hybridized carbons (Fsp3) is 0.222. The number of aromatic nitrogens is 1. The van der Waals surface area contributed by atoms with Gasteiger partial charge in [-0.25, -0.2) is 0 Å². The van der Waals surface area contributed by atoms with Crippen LogP contribution in [-0.2, 0) is 6.42 Å². The minimum atomic E-state index is 0.207. The third kappa shape index (κ3) is 1.56. The van der Waals surface area contributed by atoms with Gasteiger partial charge in [0.15, 0.2) is 0 Å². The summed E-state index contributed by atoms with van der Waals surface area (Å²) in [7, 11) is 0. The van der Waals surface area contributed by atoms with Crippen LogP contribution in [0.15, 0.2) is 27.2 Å². The highest BCUT2D eigenvalue weighted by atomic mass is 16.4. The Hall–Kier alpha value is -1.71. The van der Waals surface area contributed by atoms with Gasteiger partial charge in [-0.05, 0) is 19.1 Å². The number of nitrogens with two attached hydrogens (primary N) is 1. The fourth-order valence-corrected chi connectivity index (χ4v) is 1.19. The van der Waals surface area contributed by atoms with Gasteiger partial charge >= 0.3 is 0 Å². The van der Waals surface area contributed by atoms with Crippen LogP contribution in [-0.4, -0.2) is 4.98 Å². The Kier molecular flexibility index (Phi) is 1.81. The van der Waals surface area contributed by atoms with Crippen LogP contribution in [0.4, 0.5) is 6.01 Å². The van der Waals surface area contributed by atoms with Crippen LogP contribution in [0.5, 0.6) is 0 Å². The van der Waals surface area contributed by atoms with Crippen molar-refractivity contribution >= 4 is 6.01 Å². The first-order chi connectivity index (χ1) is 6.25. The molecule has 4 heteroatoms.